The summed E-state index contributed by atoms with van der Waals surface area (Å²) in [6.45, 7) is 13.2. The maximum atomic E-state index is 12.5. The summed E-state index contributed by atoms with van der Waals surface area (Å²) in [7, 11) is 1.67. The number of likely N-dealkylation sites (N-methyl/N-ethyl adjacent to an activating group) is 1. The summed E-state index contributed by atoms with van der Waals surface area (Å²) in [4.78, 5) is 2.44. The number of hydrogen-bond donors (Lipinski definition) is 2. The molecule has 3 unspecified atom stereocenters. The van der Waals surface area contributed by atoms with Crippen LogP contribution in [0.15, 0.2) is 24.3 Å². The van der Waals surface area contributed by atoms with Crippen molar-refractivity contribution in [2.24, 2.45) is 28.6 Å². The summed E-state index contributed by atoms with van der Waals surface area (Å²) in [5.41, 5.74) is -1.18. The second kappa shape index (κ2) is 10.1. The standard InChI is InChI=1S/C32H51NO4/c1-6-33(7-2)20-21-37-26-14-16-29(3)24(22-26)10-13-28-27(29)15-17-30(4)31(34,18-19-32(28,30)35)23-8-11-25(36-5)12-9-23/h8-9,11-12,24,26-28,34-35H,6-7,10,13-22H2,1-5H3/t24?,26?,27-,28-,29+,30-,31?,32-/m1/s1. The van der Waals surface area contributed by atoms with Crippen LogP contribution in [0.1, 0.15) is 91.0 Å². The van der Waals surface area contributed by atoms with Gasteiger partial charge in [0.1, 0.15) is 5.75 Å². The van der Waals surface area contributed by atoms with Crippen LogP contribution in [0.25, 0.3) is 0 Å². The molecule has 4 aliphatic carbocycles. The Labute approximate surface area is 224 Å². The number of fused-ring (bicyclic) bond motifs is 5. The van der Waals surface area contributed by atoms with Gasteiger partial charge in [0.05, 0.1) is 31.0 Å². The highest BCUT2D eigenvalue weighted by atomic mass is 16.5. The average molecular weight is 514 g/mol. The lowest BCUT2D eigenvalue weighted by molar-refractivity contribution is -0.239. The maximum Gasteiger partial charge on any atom is 0.118 e. The molecule has 0 spiro atoms. The SMILES string of the molecule is CCN(CC)CCOC1CC[C@@]2(C)C(CC[C@@H]3[C@H]2CC[C@]2(C)C(O)(c4ccc(OC)cc4)CC[C@@]32O)C1. The van der Waals surface area contributed by atoms with Gasteiger partial charge in [-0.2, -0.15) is 0 Å². The lowest BCUT2D eigenvalue weighted by Crippen LogP contribution is -2.64. The molecule has 2 N–H and O–H groups in total. The molecule has 4 aliphatic rings. The molecule has 0 bridgehead atoms. The van der Waals surface area contributed by atoms with E-state index < -0.39 is 16.6 Å². The van der Waals surface area contributed by atoms with Crippen molar-refractivity contribution >= 4 is 0 Å². The fourth-order valence-corrected chi connectivity index (χ4v) is 9.57. The second-order valence-corrected chi connectivity index (χ2v) is 13.2. The number of aliphatic hydroxyl groups is 2. The highest BCUT2D eigenvalue weighted by molar-refractivity contribution is 5.36. The van der Waals surface area contributed by atoms with Crippen LogP contribution in [-0.4, -0.2) is 60.2 Å². The second-order valence-electron chi connectivity index (χ2n) is 13.2. The van der Waals surface area contributed by atoms with E-state index in [1.54, 1.807) is 7.11 Å². The Hall–Kier alpha value is -1.14. The number of benzene rings is 1. The number of rotatable bonds is 8. The van der Waals surface area contributed by atoms with Crippen molar-refractivity contribution in [2.45, 2.75) is 103 Å². The molecule has 1 aromatic carbocycles. The van der Waals surface area contributed by atoms with Crippen molar-refractivity contribution in [2.75, 3.05) is 33.4 Å². The van der Waals surface area contributed by atoms with Gasteiger partial charge in [-0.25, -0.2) is 0 Å². The fourth-order valence-electron chi connectivity index (χ4n) is 9.57. The minimum absolute atomic E-state index is 0.263. The largest absolute Gasteiger partial charge is 0.497 e. The van der Waals surface area contributed by atoms with Gasteiger partial charge in [-0.05, 0) is 112 Å². The number of hydrogen-bond acceptors (Lipinski definition) is 5. The Kier molecular flexibility index (Phi) is 7.50. The van der Waals surface area contributed by atoms with E-state index in [-0.39, 0.29) is 11.3 Å². The Morgan fingerprint density at radius 2 is 1.62 bits per heavy atom. The number of nitrogens with zero attached hydrogens (tertiary/aromatic N) is 1. The van der Waals surface area contributed by atoms with Crippen molar-refractivity contribution in [3.05, 3.63) is 29.8 Å². The quantitative estimate of drug-likeness (QED) is 0.462. The molecule has 8 atom stereocenters. The molecule has 0 radical (unpaired) electrons. The van der Waals surface area contributed by atoms with Gasteiger partial charge in [-0.3, -0.25) is 0 Å². The van der Waals surface area contributed by atoms with Gasteiger partial charge in [0.25, 0.3) is 0 Å². The first-order chi connectivity index (χ1) is 17.6. The van der Waals surface area contributed by atoms with E-state index >= 15 is 0 Å². The first kappa shape index (κ1) is 27.4. The van der Waals surface area contributed by atoms with Crippen LogP contribution in [0.5, 0.6) is 5.75 Å². The van der Waals surface area contributed by atoms with E-state index in [2.05, 4.69) is 32.6 Å². The van der Waals surface area contributed by atoms with Crippen molar-refractivity contribution in [3.63, 3.8) is 0 Å². The summed E-state index contributed by atoms with van der Waals surface area (Å²) >= 11 is 0. The van der Waals surface area contributed by atoms with Crippen molar-refractivity contribution < 1.29 is 19.7 Å². The zero-order valence-electron chi connectivity index (χ0n) is 24.0. The molecular weight excluding hydrogens is 462 g/mol. The molecule has 5 rings (SSSR count). The molecule has 1 aromatic rings. The zero-order valence-corrected chi connectivity index (χ0v) is 24.0. The molecule has 5 nitrogen and oxygen atoms in total. The fraction of sp³-hybridized carbons (Fsp3) is 0.812. The first-order valence-electron chi connectivity index (χ1n) is 15.1. The van der Waals surface area contributed by atoms with Gasteiger partial charge < -0.3 is 24.6 Å². The van der Waals surface area contributed by atoms with Gasteiger partial charge in [0.15, 0.2) is 0 Å². The van der Waals surface area contributed by atoms with Crippen LogP contribution >= 0.6 is 0 Å². The van der Waals surface area contributed by atoms with Gasteiger partial charge in [0, 0.05) is 12.0 Å². The van der Waals surface area contributed by atoms with E-state index in [9.17, 15) is 10.2 Å². The number of ether oxygens (including phenoxy) is 2. The molecule has 5 heteroatoms. The molecule has 0 aromatic heterocycles. The maximum absolute atomic E-state index is 12.5. The van der Waals surface area contributed by atoms with Crippen LogP contribution < -0.4 is 4.74 Å². The van der Waals surface area contributed by atoms with Crippen LogP contribution in [-0.2, 0) is 10.3 Å². The molecule has 0 saturated heterocycles. The molecule has 0 heterocycles. The van der Waals surface area contributed by atoms with Crippen molar-refractivity contribution in [1.82, 2.24) is 4.90 Å². The van der Waals surface area contributed by atoms with E-state index in [1.165, 1.54) is 19.3 Å². The van der Waals surface area contributed by atoms with Crippen LogP contribution in [0.4, 0.5) is 0 Å². The molecule has 4 saturated carbocycles. The lowest BCUT2D eigenvalue weighted by atomic mass is 9.43. The minimum Gasteiger partial charge on any atom is -0.497 e. The van der Waals surface area contributed by atoms with Crippen LogP contribution in [0, 0.1) is 28.6 Å². The lowest BCUT2D eigenvalue weighted by Gasteiger charge is -2.64. The summed E-state index contributed by atoms with van der Waals surface area (Å²) in [5, 5.41) is 24.7. The van der Waals surface area contributed by atoms with E-state index in [0.29, 0.717) is 30.8 Å². The van der Waals surface area contributed by atoms with Gasteiger partial charge >= 0.3 is 0 Å². The predicted octanol–water partition coefficient (Wildman–Crippen LogP) is 5.77. The Morgan fingerprint density at radius 3 is 2.30 bits per heavy atom. The smallest absolute Gasteiger partial charge is 0.118 e. The molecular formula is C32H51NO4. The number of methoxy groups -OCH3 is 1. The Bertz CT molecular complexity index is 933. The molecule has 208 valence electrons. The monoisotopic (exact) mass is 513 g/mol. The first-order valence-corrected chi connectivity index (χ1v) is 15.1. The van der Waals surface area contributed by atoms with Crippen LogP contribution in [0.3, 0.4) is 0 Å². The molecule has 0 amide bonds. The van der Waals surface area contributed by atoms with Crippen LogP contribution in [0.2, 0.25) is 0 Å². The summed E-state index contributed by atoms with van der Waals surface area (Å²) < 4.78 is 11.8. The highest BCUT2D eigenvalue weighted by Crippen LogP contribution is 2.71. The summed E-state index contributed by atoms with van der Waals surface area (Å²) in [6, 6.07) is 7.88. The topological polar surface area (TPSA) is 62.2 Å². The molecule has 0 aliphatic heterocycles. The van der Waals surface area contributed by atoms with Gasteiger partial charge in [-0.1, -0.05) is 39.8 Å². The third-order valence-electron chi connectivity index (χ3n) is 12.2. The van der Waals surface area contributed by atoms with E-state index in [0.717, 1.165) is 63.2 Å². The molecule has 37 heavy (non-hydrogen) atoms. The summed E-state index contributed by atoms with van der Waals surface area (Å²) in [5.74, 6) is 2.27. The molecule has 4 fully saturated rings. The van der Waals surface area contributed by atoms with Crippen molar-refractivity contribution in [3.8, 4) is 5.75 Å². The third-order valence-corrected chi connectivity index (χ3v) is 12.2. The van der Waals surface area contributed by atoms with E-state index in [4.69, 9.17) is 9.47 Å². The Balaban J connectivity index is 1.31. The third kappa shape index (κ3) is 4.18. The Morgan fingerprint density at radius 1 is 0.892 bits per heavy atom. The predicted molar refractivity (Wildman–Crippen MR) is 148 cm³/mol. The van der Waals surface area contributed by atoms with Gasteiger partial charge in [0.2, 0.25) is 0 Å². The van der Waals surface area contributed by atoms with E-state index in [1.807, 2.05) is 24.3 Å². The minimum atomic E-state index is -1.01. The van der Waals surface area contributed by atoms with Crippen molar-refractivity contribution in [1.29, 1.82) is 0 Å². The normalized spacial score (nSPS) is 43.2. The summed E-state index contributed by atoms with van der Waals surface area (Å²) in [6.07, 6.45) is 9.42. The zero-order chi connectivity index (χ0) is 26.5. The van der Waals surface area contributed by atoms with Gasteiger partial charge in [-0.15, -0.1) is 0 Å². The highest BCUT2D eigenvalue weighted by Gasteiger charge is 2.72. The average Bonchev–Trinajstić information content (AvgIpc) is 3.13.